The van der Waals surface area contributed by atoms with E-state index in [1.165, 1.54) is 15.6 Å². The van der Waals surface area contributed by atoms with Crippen molar-refractivity contribution >= 4 is 15.9 Å². The molecule has 78 valence electrons. The third kappa shape index (κ3) is 2.69. The SMILES string of the molecule is Cc1ccc(CCc2ncc[nH]2)c(Br)c1. The van der Waals surface area contributed by atoms with E-state index in [1.54, 1.807) is 6.20 Å². The van der Waals surface area contributed by atoms with E-state index in [1.807, 2.05) is 6.20 Å². The van der Waals surface area contributed by atoms with Crippen LogP contribution in [0, 0.1) is 6.92 Å². The van der Waals surface area contributed by atoms with Gasteiger partial charge in [0.2, 0.25) is 0 Å². The molecule has 0 spiro atoms. The van der Waals surface area contributed by atoms with Crippen molar-refractivity contribution in [3.8, 4) is 0 Å². The second kappa shape index (κ2) is 4.62. The number of rotatable bonds is 3. The monoisotopic (exact) mass is 264 g/mol. The van der Waals surface area contributed by atoms with Gasteiger partial charge < -0.3 is 4.98 Å². The zero-order chi connectivity index (χ0) is 10.7. The number of halogens is 1. The number of H-pyrrole nitrogens is 1. The minimum absolute atomic E-state index is 0.953. The molecule has 0 aliphatic carbocycles. The largest absolute Gasteiger partial charge is 0.349 e. The van der Waals surface area contributed by atoms with Gasteiger partial charge in [0, 0.05) is 23.3 Å². The Labute approximate surface area is 97.9 Å². The highest BCUT2D eigenvalue weighted by atomic mass is 79.9. The molecule has 0 amide bonds. The molecule has 0 aliphatic heterocycles. The van der Waals surface area contributed by atoms with Gasteiger partial charge in [-0.05, 0) is 30.5 Å². The zero-order valence-corrected chi connectivity index (χ0v) is 10.2. The Morgan fingerprint density at radius 1 is 1.33 bits per heavy atom. The van der Waals surface area contributed by atoms with Gasteiger partial charge >= 0.3 is 0 Å². The first-order valence-corrected chi connectivity index (χ1v) is 5.78. The standard InChI is InChI=1S/C12H13BrN2/c1-9-2-3-10(11(13)8-9)4-5-12-14-6-7-15-12/h2-3,6-8H,4-5H2,1H3,(H,14,15). The topological polar surface area (TPSA) is 28.7 Å². The molecule has 1 N–H and O–H groups in total. The number of nitrogens with zero attached hydrogens (tertiary/aromatic N) is 1. The molecule has 1 aromatic heterocycles. The first-order valence-electron chi connectivity index (χ1n) is 4.99. The molecule has 0 bridgehead atoms. The Morgan fingerprint density at radius 3 is 2.87 bits per heavy atom. The van der Waals surface area contributed by atoms with Crippen molar-refractivity contribution in [3.05, 3.63) is 52.0 Å². The summed E-state index contributed by atoms with van der Waals surface area (Å²) in [5.74, 6) is 1.04. The molecule has 0 radical (unpaired) electrons. The summed E-state index contributed by atoms with van der Waals surface area (Å²) in [4.78, 5) is 7.32. The number of imidazole rings is 1. The zero-order valence-electron chi connectivity index (χ0n) is 8.63. The average molecular weight is 265 g/mol. The van der Waals surface area contributed by atoms with Gasteiger partial charge in [0.1, 0.15) is 5.82 Å². The summed E-state index contributed by atoms with van der Waals surface area (Å²) in [5.41, 5.74) is 2.61. The van der Waals surface area contributed by atoms with Crippen LogP contribution in [0.1, 0.15) is 17.0 Å². The van der Waals surface area contributed by atoms with Crippen molar-refractivity contribution < 1.29 is 0 Å². The molecule has 1 heterocycles. The molecule has 2 rings (SSSR count). The van der Waals surface area contributed by atoms with Gasteiger partial charge in [-0.3, -0.25) is 0 Å². The van der Waals surface area contributed by atoms with Crippen molar-refractivity contribution in [2.24, 2.45) is 0 Å². The molecule has 0 atom stereocenters. The number of aromatic amines is 1. The summed E-state index contributed by atoms with van der Waals surface area (Å²) in [6.07, 6.45) is 5.61. The lowest BCUT2D eigenvalue weighted by Gasteiger charge is -2.04. The molecule has 2 nitrogen and oxygen atoms in total. The third-order valence-corrected chi connectivity index (χ3v) is 3.13. The number of benzene rings is 1. The Morgan fingerprint density at radius 2 is 2.20 bits per heavy atom. The molecule has 15 heavy (non-hydrogen) atoms. The van der Waals surface area contributed by atoms with Crippen LogP contribution in [0.3, 0.4) is 0 Å². The number of hydrogen-bond acceptors (Lipinski definition) is 1. The Kier molecular flexibility index (Phi) is 3.21. The Balaban J connectivity index is 2.05. The molecular weight excluding hydrogens is 252 g/mol. The van der Waals surface area contributed by atoms with Gasteiger partial charge in [0.25, 0.3) is 0 Å². The minimum Gasteiger partial charge on any atom is -0.349 e. The van der Waals surface area contributed by atoms with Gasteiger partial charge in [-0.15, -0.1) is 0 Å². The molecule has 0 aliphatic rings. The molecule has 0 saturated carbocycles. The van der Waals surface area contributed by atoms with E-state index >= 15 is 0 Å². The summed E-state index contributed by atoms with van der Waals surface area (Å²) in [6.45, 7) is 2.10. The minimum atomic E-state index is 0.953. The van der Waals surface area contributed by atoms with Crippen LogP contribution in [0.15, 0.2) is 35.1 Å². The van der Waals surface area contributed by atoms with Gasteiger partial charge in [-0.2, -0.15) is 0 Å². The van der Waals surface area contributed by atoms with Crippen molar-refractivity contribution in [3.63, 3.8) is 0 Å². The van der Waals surface area contributed by atoms with E-state index in [0.717, 1.165) is 18.7 Å². The second-order valence-electron chi connectivity index (χ2n) is 3.63. The summed E-state index contributed by atoms with van der Waals surface area (Å²) >= 11 is 3.58. The van der Waals surface area contributed by atoms with Crippen LogP contribution in [-0.4, -0.2) is 9.97 Å². The number of nitrogens with one attached hydrogen (secondary N) is 1. The van der Waals surface area contributed by atoms with Gasteiger partial charge in [0.05, 0.1) is 0 Å². The highest BCUT2D eigenvalue weighted by Crippen LogP contribution is 2.19. The predicted octanol–water partition coefficient (Wildman–Crippen LogP) is 3.27. The van der Waals surface area contributed by atoms with E-state index in [2.05, 4.69) is 51.0 Å². The second-order valence-corrected chi connectivity index (χ2v) is 4.49. The van der Waals surface area contributed by atoms with Crippen LogP contribution >= 0.6 is 15.9 Å². The van der Waals surface area contributed by atoms with E-state index in [4.69, 9.17) is 0 Å². The normalized spacial score (nSPS) is 10.5. The van der Waals surface area contributed by atoms with Crippen LogP contribution in [0.25, 0.3) is 0 Å². The Bertz CT molecular complexity index is 435. The van der Waals surface area contributed by atoms with Crippen LogP contribution in [0.5, 0.6) is 0 Å². The van der Waals surface area contributed by atoms with E-state index < -0.39 is 0 Å². The Hall–Kier alpha value is -1.09. The summed E-state index contributed by atoms with van der Waals surface area (Å²) in [5, 5.41) is 0. The highest BCUT2D eigenvalue weighted by Gasteiger charge is 2.01. The number of aromatic nitrogens is 2. The lowest BCUT2D eigenvalue weighted by molar-refractivity contribution is 0.880. The van der Waals surface area contributed by atoms with Gasteiger partial charge in [-0.1, -0.05) is 28.1 Å². The van der Waals surface area contributed by atoms with Crippen molar-refractivity contribution in [2.75, 3.05) is 0 Å². The number of aryl methyl sites for hydroxylation is 3. The van der Waals surface area contributed by atoms with Crippen LogP contribution in [-0.2, 0) is 12.8 Å². The average Bonchev–Trinajstić information content (AvgIpc) is 2.69. The molecule has 3 heteroatoms. The fourth-order valence-corrected chi connectivity index (χ4v) is 2.23. The maximum atomic E-state index is 4.21. The molecular formula is C12H13BrN2. The predicted molar refractivity (Wildman–Crippen MR) is 64.9 cm³/mol. The van der Waals surface area contributed by atoms with E-state index in [-0.39, 0.29) is 0 Å². The van der Waals surface area contributed by atoms with Crippen LogP contribution < -0.4 is 0 Å². The van der Waals surface area contributed by atoms with Crippen molar-refractivity contribution in [1.82, 2.24) is 9.97 Å². The van der Waals surface area contributed by atoms with Crippen LogP contribution in [0.2, 0.25) is 0 Å². The summed E-state index contributed by atoms with van der Waals surface area (Å²) < 4.78 is 1.19. The van der Waals surface area contributed by atoms with Gasteiger partial charge in [-0.25, -0.2) is 4.98 Å². The van der Waals surface area contributed by atoms with Gasteiger partial charge in [0.15, 0.2) is 0 Å². The summed E-state index contributed by atoms with van der Waals surface area (Å²) in [6, 6.07) is 6.46. The first kappa shape index (κ1) is 10.4. The lowest BCUT2D eigenvalue weighted by atomic mass is 10.1. The maximum Gasteiger partial charge on any atom is 0.106 e. The molecule has 2 aromatic rings. The van der Waals surface area contributed by atoms with Crippen LogP contribution in [0.4, 0.5) is 0 Å². The van der Waals surface area contributed by atoms with Crippen molar-refractivity contribution in [2.45, 2.75) is 19.8 Å². The smallest absolute Gasteiger partial charge is 0.106 e. The first-order chi connectivity index (χ1) is 7.25. The molecule has 0 unspecified atom stereocenters. The van der Waals surface area contributed by atoms with E-state index in [0.29, 0.717) is 0 Å². The molecule has 1 aromatic carbocycles. The van der Waals surface area contributed by atoms with Crippen molar-refractivity contribution in [1.29, 1.82) is 0 Å². The maximum absolute atomic E-state index is 4.21. The highest BCUT2D eigenvalue weighted by molar-refractivity contribution is 9.10. The number of hydrogen-bond donors (Lipinski definition) is 1. The fourth-order valence-electron chi connectivity index (χ4n) is 1.54. The third-order valence-electron chi connectivity index (χ3n) is 2.39. The molecule has 0 saturated heterocycles. The lowest BCUT2D eigenvalue weighted by Crippen LogP contribution is -1.94. The van der Waals surface area contributed by atoms with E-state index in [9.17, 15) is 0 Å². The fraction of sp³-hybridized carbons (Fsp3) is 0.250. The quantitative estimate of drug-likeness (QED) is 0.906. The molecule has 0 fully saturated rings. The summed E-state index contributed by atoms with van der Waals surface area (Å²) in [7, 11) is 0.